The second-order valence-electron chi connectivity index (χ2n) is 4.79. The Hall–Kier alpha value is -1.69. The molecule has 0 saturated carbocycles. The molecule has 0 bridgehead atoms. The number of piperidine rings is 1. The van der Waals surface area contributed by atoms with E-state index in [-0.39, 0.29) is 0 Å². The van der Waals surface area contributed by atoms with Gasteiger partial charge in [-0.05, 0) is 30.2 Å². The molecule has 19 heavy (non-hydrogen) atoms. The molecular weight excluding hydrogens is 260 g/mol. The Bertz CT molecular complexity index is 563. The van der Waals surface area contributed by atoms with Crippen molar-refractivity contribution in [3.05, 3.63) is 17.8 Å². The summed E-state index contributed by atoms with van der Waals surface area (Å²) in [7, 11) is 0. The summed E-state index contributed by atoms with van der Waals surface area (Å²) in [5.41, 5.74) is 1.03. The van der Waals surface area contributed by atoms with Gasteiger partial charge in [-0.1, -0.05) is 0 Å². The highest BCUT2D eigenvalue weighted by Gasteiger charge is 2.21. The SMILES string of the molecule is O=CNCC1CCN(c2ncnc3ccsc23)CC1. The fourth-order valence-electron chi connectivity index (χ4n) is 2.56. The van der Waals surface area contributed by atoms with Crippen LogP contribution in [0.1, 0.15) is 12.8 Å². The zero-order valence-electron chi connectivity index (χ0n) is 10.6. The Morgan fingerprint density at radius 2 is 2.26 bits per heavy atom. The molecule has 0 unspecified atom stereocenters. The summed E-state index contributed by atoms with van der Waals surface area (Å²) in [6.45, 7) is 2.78. The van der Waals surface area contributed by atoms with Crippen molar-refractivity contribution in [2.45, 2.75) is 12.8 Å². The van der Waals surface area contributed by atoms with Crippen LogP contribution in [0.3, 0.4) is 0 Å². The van der Waals surface area contributed by atoms with E-state index in [1.165, 1.54) is 4.70 Å². The second kappa shape index (κ2) is 5.52. The van der Waals surface area contributed by atoms with Gasteiger partial charge in [-0.25, -0.2) is 9.97 Å². The number of anilines is 1. The fourth-order valence-corrected chi connectivity index (χ4v) is 3.43. The van der Waals surface area contributed by atoms with Crippen molar-refractivity contribution in [2.75, 3.05) is 24.5 Å². The number of thiophene rings is 1. The Balaban J connectivity index is 1.71. The van der Waals surface area contributed by atoms with Gasteiger partial charge in [0.15, 0.2) is 0 Å². The van der Waals surface area contributed by atoms with Crippen molar-refractivity contribution >= 4 is 33.8 Å². The van der Waals surface area contributed by atoms with E-state index < -0.39 is 0 Å². The summed E-state index contributed by atoms with van der Waals surface area (Å²) in [5, 5.41) is 4.83. The van der Waals surface area contributed by atoms with Gasteiger partial charge < -0.3 is 10.2 Å². The molecule has 2 aromatic heterocycles. The number of rotatable bonds is 4. The van der Waals surface area contributed by atoms with Gasteiger partial charge in [0, 0.05) is 19.6 Å². The first-order valence-electron chi connectivity index (χ1n) is 6.48. The van der Waals surface area contributed by atoms with E-state index in [4.69, 9.17) is 0 Å². The van der Waals surface area contributed by atoms with E-state index >= 15 is 0 Å². The van der Waals surface area contributed by atoms with Crippen LogP contribution in [0.25, 0.3) is 10.2 Å². The van der Waals surface area contributed by atoms with Crippen molar-refractivity contribution in [2.24, 2.45) is 5.92 Å². The van der Waals surface area contributed by atoms with Crippen LogP contribution in [0.2, 0.25) is 0 Å². The molecular formula is C13H16N4OS. The molecule has 0 aromatic carbocycles. The molecule has 0 aliphatic carbocycles. The third-order valence-corrected chi connectivity index (χ3v) is 4.53. The lowest BCUT2D eigenvalue weighted by atomic mass is 9.97. The summed E-state index contributed by atoms with van der Waals surface area (Å²) in [4.78, 5) is 21.4. The van der Waals surface area contributed by atoms with Crippen LogP contribution in [-0.2, 0) is 4.79 Å². The van der Waals surface area contributed by atoms with Crippen LogP contribution in [0, 0.1) is 5.92 Å². The zero-order valence-corrected chi connectivity index (χ0v) is 11.4. The Morgan fingerprint density at radius 1 is 1.42 bits per heavy atom. The smallest absolute Gasteiger partial charge is 0.207 e. The van der Waals surface area contributed by atoms with Crippen LogP contribution in [0.5, 0.6) is 0 Å². The van der Waals surface area contributed by atoms with Crippen LogP contribution < -0.4 is 10.2 Å². The van der Waals surface area contributed by atoms with Gasteiger partial charge in [0.05, 0.1) is 10.2 Å². The maximum atomic E-state index is 10.3. The number of carbonyl (C=O) groups is 1. The minimum atomic E-state index is 0.585. The van der Waals surface area contributed by atoms with Crippen molar-refractivity contribution < 1.29 is 4.79 Å². The van der Waals surface area contributed by atoms with Gasteiger partial charge in [-0.2, -0.15) is 0 Å². The van der Waals surface area contributed by atoms with E-state index in [2.05, 4.69) is 25.6 Å². The van der Waals surface area contributed by atoms with Crippen molar-refractivity contribution in [3.63, 3.8) is 0 Å². The van der Waals surface area contributed by atoms with Crippen LogP contribution in [-0.4, -0.2) is 36.0 Å². The number of hydrogen-bond acceptors (Lipinski definition) is 5. The molecule has 1 N–H and O–H groups in total. The molecule has 3 rings (SSSR count). The minimum absolute atomic E-state index is 0.585. The molecule has 100 valence electrons. The first kappa shape index (κ1) is 12.3. The number of nitrogens with zero attached hydrogens (tertiary/aromatic N) is 3. The lowest BCUT2D eigenvalue weighted by Gasteiger charge is -2.32. The molecule has 0 atom stereocenters. The third-order valence-electron chi connectivity index (χ3n) is 3.63. The lowest BCUT2D eigenvalue weighted by Crippen LogP contribution is -2.37. The number of aromatic nitrogens is 2. The molecule has 2 aromatic rings. The van der Waals surface area contributed by atoms with Gasteiger partial charge >= 0.3 is 0 Å². The Morgan fingerprint density at radius 3 is 3.05 bits per heavy atom. The van der Waals surface area contributed by atoms with E-state index in [0.29, 0.717) is 5.92 Å². The molecule has 1 amide bonds. The monoisotopic (exact) mass is 276 g/mol. The number of carbonyl (C=O) groups excluding carboxylic acids is 1. The Labute approximate surface area is 115 Å². The van der Waals surface area contributed by atoms with Gasteiger partial charge in [0.1, 0.15) is 12.1 Å². The predicted molar refractivity (Wildman–Crippen MR) is 76.4 cm³/mol. The molecule has 1 aliphatic heterocycles. The van der Waals surface area contributed by atoms with Gasteiger partial charge in [-0.15, -0.1) is 11.3 Å². The molecule has 1 aliphatic rings. The Kier molecular flexibility index (Phi) is 3.59. The van der Waals surface area contributed by atoms with Crippen molar-refractivity contribution in [1.82, 2.24) is 15.3 Å². The first-order valence-corrected chi connectivity index (χ1v) is 7.36. The summed E-state index contributed by atoms with van der Waals surface area (Å²) < 4.78 is 1.17. The van der Waals surface area contributed by atoms with Crippen molar-refractivity contribution in [3.8, 4) is 0 Å². The molecule has 5 nitrogen and oxygen atoms in total. The highest BCUT2D eigenvalue weighted by atomic mass is 32.1. The average Bonchev–Trinajstić information content (AvgIpc) is 2.94. The molecule has 1 saturated heterocycles. The molecule has 1 fully saturated rings. The topological polar surface area (TPSA) is 58.1 Å². The maximum Gasteiger partial charge on any atom is 0.207 e. The van der Waals surface area contributed by atoms with Crippen LogP contribution in [0.4, 0.5) is 5.82 Å². The number of nitrogens with one attached hydrogen (secondary N) is 1. The highest BCUT2D eigenvalue weighted by Crippen LogP contribution is 2.30. The zero-order chi connectivity index (χ0) is 13.1. The summed E-state index contributed by atoms with van der Waals surface area (Å²) in [6.07, 6.45) is 4.62. The largest absolute Gasteiger partial charge is 0.358 e. The molecule has 6 heteroatoms. The third kappa shape index (κ3) is 2.53. The fraction of sp³-hybridized carbons (Fsp3) is 0.462. The lowest BCUT2D eigenvalue weighted by molar-refractivity contribution is -0.109. The molecule has 3 heterocycles. The summed E-state index contributed by atoms with van der Waals surface area (Å²) >= 11 is 1.70. The first-order chi connectivity index (χ1) is 9.38. The van der Waals surface area contributed by atoms with E-state index in [9.17, 15) is 4.79 Å². The maximum absolute atomic E-state index is 10.3. The van der Waals surface area contributed by atoms with Crippen LogP contribution >= 0.6 is 11.3 Å². The molecule has 0 radical (unpaired) electrons. The standard InChI is InChI=1S/C13H16N4OS/c18-9-14-7-10-1-4-17(5-2-10)13-12-11(3-6-19-12)15-8-16-13/h3,6,8-10H,1-2,4-5,7H2,(H,14,18). The van der Waals surface area contributed by atoms with Gasteiger partial charge in [-0.3, -0.25) is 4.79 Å². The molecule has 0 spiro atoms. The normalized spacial score (nSPS) is 16.7. The van der Waals surface area contributed by atoms with E-state index in [1.807, 2.05) is 6.07 Å². The summed E-state index contributed by atoms with van der Waals surface area (Å²) in [6, 6.07) is 2.03. The summed E-state index contributed by atoms with van der Waals surface area (Å²) in [5.74, 6) is 1.64. The second-order valence-corrected chi connectivity index (χ2v) is 5.70. The van der Waals surface area contributed by atoms with Crippen molar-refractivity contribution in [1.29, 1.82) is 0 Å². The quantitative estimate of drug-likeness (QED) is 0.863. The number of amides is 1. The van der Waals surface area contributed by atoms with E-state index in [1.54, 1.807) is 17.7 Å². The predicted octanol–water partition coefficient (Wildman–Crippen LogP) is 1.65. The average molecular weight is 276 g/mol. The number of hydrogen-bond donors (Lipinski definition) is 1. The van der Waals surface area contributed by atoms with Crippen LogP contribution in [0.15, 0.2) is 17.8 Å². The van der Waals surface area contributed by atoms with Gasteiger partial charge in [0.2, 0.25) is 6.41 Å². The highest BCUT2D eigenvalue weighted by molar-refractivity contribution is 7.17. The van der Waals surface area contributed by atoms with Gasteiger partial charge in [0.25, 0.3) is 0 Å². The van der Waals surface area contributed by atoms with E-state index in [0.717, 1.165) is 50.2 Å². The minimum Gasteiger partial charge on any atom is -0.358 e. The number of fused-ring (bicyclic) bond motifs is 1.